The van der Waals surface area contributed by atoms with Crippen LogP contribution in [0.1, 0.15) is 36.8 Å². The van der Waals surface area contributed by atoms with Gasteiger partial charge in [0.15, 0.2) is 0 Å². The number of fused-ring (bicyclic) bond motifs is 1. The Bertz CT molecular complexity index is 696. The van der Waals surface area contributed by atoms with E-state index in [4.69, 9.17) is 4.42 Å². The van der Waals surface area contributed by atoms with Crippen molar-refractivity contribution in [2.45, 2.75) is 26.3 Å². The number of rotatable bonds is 5. The topological polar surface area (TPSA) is 25.2 Å². The smallest absolute Gasteiger partial charge is 0.134 e. The molecule has 1 heterocycles. The van der Waals surface area contributed by atoms with E-state index in [0.717, 1.165) is 29.7 Å². The normalized spacial score (nSPS) is 12.7. The lowest BCUT2D eigenvalue weighted by Crippen LogP contribution is -2.21. The van der Waals surface area contributed by atoms with Crippen LogP contribution in [-0.4, -0.2) is 6.54 Å². The second-order valence-corrected chi connectivity index (χ2v) is 5.28. The summed E-state index contributed by atoms with van der Waals surface area (Å²) < 4.78 is 6.05. The third-order valence-electron chi connectivity index (χ3n) is 3.83. The van der Waals surface area contributed by atoms with Crippen molar-refractivity contribution >= 4 is 11.0 Å². The molecule has 2 heteroatoms. The minimum absolute atomic E-state index is 0.105. The van der Waals surface area contributed by atoms with Crippen molar-refractivity contribution in [1.82, 2.24) is 5.32 Å². The first-order valence-electron chi connectivity index (χ1n) is 7.62. The number of hydrogen-bond acceptors (Lipinski definition) is 2. The van der Waals surface area contributed by atoms with Gasteiger partial charge in [0.05, 0.1) is 6.04 Å². The van der Waals surface area contributed by atoms with Gasteiger partial charge >= 0.3 is 0 Å². The summed E-state index contributed by atoms with van der Waals surface area (Å²) in [5, 5.41) is 4.69. The molecule has 3 aromatic rings. The maximum atomic E-state index is 6.05. The van der Waals surface area contributed by atoms with Crippen LogP contribution in [0.4, 0.5) is 0 Å². The Morgan fingerprint density at radius 2 is 1.86 bits per heavy atom. The van der Waals surface area contributed by atoms with Gasteiger partial charge in [0.25, 0.3) is 0 Å². The van der Waals surface area contributed by atoms with Crippen molar-refractivity contribution in [3.63, 3.8) is 0 Å². The molecular formula is C19H21NO. The van der Waals surface area contributed by atoms with Crippen molar-refractivity contribution in [3.8, 4) is 0 Å². The molecular weight excluding hydrogens is 258 g/mol. The Hall–Kier alpha value is -2.06. The van der Waals surface area contributed by atoms with Gasteiger partial charge in [-0.05, 0) is 36.2 Å². The lowest BCUT2D eigenvalue weighted by molar-refractivity contribution is 0.477. The average Bonchev–Trinajstić information content (AvgIpc) is 2.96. The molecule has 1 unspecified atom stereocenters. The highest BCUT2D eigenvalue weighted by molar-refractivity contribution is 5.78. The molecule has 3 rings (SSSR count). The van der Waals surface area contributed by atoms with Crippen LogP contribution in [0.15, 0.2) is 59.0 Å². The van der Waals surface area contributed by atoms with E-state index in [1.54, 1.807) is 0 Å². The summed E-state index contributed by atoms with van der Waals surface area (Å²) in [5.41, 5.74) is 3.56. The van der Waals surface area contributed by atoms with E-state index in [1.165, 1.54) is 11.1 Å². The van der Waals surface area contributed by atoms with Gasteiger partial charge in [-0.15, -0.1) is 0 Å². The van der Waals surface area contributed by atoms with Crippen LogP contribution in [0.25, 0.3) is 11.0 Å². The molecule has 0 aliphatic heterocycles. The van der Waals surface area contributed by atoms with Crippen LogP contribution in [0, 0.1) is 0 Å². The highest BCUT2D eigenvalue weighted by Gasteiger charge is 2.17. The summed E-state index contributed by atoms with van der Waals surface area (Å²) >= 11 is 0. The first-order chi connectivity index (χ1) is 10.3. The molecule has 1 aromatic heterocycles. The predicted octanol–water partition coefficient (Wildman–Crippen LogP) is 4.69. The zero-order valence-electron chi connectivity index (χ0n) is 12.6. The van der Waals surface area contributed by atoms with Gasteiger partial charge in [0.2, 0.25) is 0 Å². The molecule has 2 nitrogen and oxygen atoms in total. The van der Waals surface area contributed by atoms with Gasteiger partial charge in [-0.3, -0.25) is 0 Å². The quantitative estimate of drug-likeness (QED) is 0.732. The minimum Gasteiger partial charge on any atom is -0.459 e. The van der Waals surface area contributed by atoms with Gasteiger partial charge in [-0.2, -0.15) is 0 Å². The highest BCUT2D eigenvalue weighted by Crippen LogP contribution is 2.28. The lowest BCUT2D eigenvalue weighted by Gasteiger charge is -2.16. The average molecular weight is 279 g/mol. The monoisotopic (exact) mass is 279 g/mol. The lowest BCUT2D eigenvalue weighted by atomic mass is 10.0. The molecule has 0 amide bonds. The van der Waals surface area contributed by atoms with Crippen molar-refractivity contribution in [1.29, 1.82) is 0 Å². The van der Waals surface area contributed by atoms with Crippen molar-refractivity contribution in [2.75, 3.05) is 6.54 Å². The van der Waals surface area contributed by atoms with Crippen LogP contribution in [0.5, 0.6) is 0 Å². The predicted molar refractivity (Wildman–Crippen MR) is 87.6 cm³/mol. The van der Waals surface area contributed by atoms with E-state index in [0.29, 0.717) is 0 Å². The first-order valence-corrected chi connectivity index (χ1v) is 7.62. The third kappa shape index (κ3) is 2.86. The Labute approximate surface area is 125 Å². The Balaban J connectivity index is 2.03. The maximum Gasteiger partial charge on any atom is 0.134 e. The zero-order valence-corrected chi connectivity index (χ0v) is 12.6. The van der Waals surface area contributed by atoms with Crippen LogP contribution in [0.3, 0.4) is 0 Å². The van der Waals surface area contributed by atoms with Crippen molar-refractivity contribution in [3.05, 3.63) is 71.5 Å². The largest absolute Gasteiger partial charge is 0.459 e. The molecule has 0 spiro atoms. The second-order valence-electron chi connectivity index (χ2n) is 5.28. The van der Waals surface area contributed by atoms with E-state index in [2.05, 4.69) is 55.6 Å². The van der Waals surface area contributed by atoms with Crippen LogP contribution < -0.4 is 5.32 Å². The van der Waals surface area contributed by atoms with Gasteiger partial charge < -0.3 is 9.73 Å². The molecule has 2 aromatic carbocycles. The van der Waals surface area contributed by atoms with Gasteiger partial charge in [-0.25, -0.2) is 0 Å². The summed E-state index contributed by atoms with van der Waals surface area (Å²) in [6.07, 6.45) is 1.05. The van der Waals surface area contributed by atoms with E-state index in [9.17, 15) is 0 Å². The molecule has 0 bridgehead atoms. The van der Waals surface area contributed by atoms with E-state index in [-0.39, 0.29) is 6.04 Å². The Morgan fingerprint density at radius 1 is 1.00 bits per heavy atom. The van der Waals surface area contributed by atoms with Crippen LogP contribution in [-0.2, 0) is 6.42 Å². The van der Waals surface area contributed by atoms with Gasteiger partial charge in [0, 0.05) is 5.39 Å². The number of nitrogens with one attached hydrogen (secondary N) is 1. The molecule has 0 aliphatic rings. The van der Waals surface area contributed by atoms with Crippen LogP contribution >= 0.6 is 0 Å². The summed E-state index contributed by atoms with van der Waals surface area (Å²) in [6, 6.07) is 19.1. The van der Waals surface area contributed by atoms with Gasteiger partial charge in [0.1, 0.15) is 11.3 Å². The van der Waals surface area contributed by atoms with E-state index in [1.807, 2.05) is 18.2 Å². The molecule has 1 atom stereocenters. The molecule has 0 saturated heterocycles. The standard InChI is InChI=1S/C19H21NO/c1-3-14-8-7-10-16(12-14)19(20-4-2)18-13-15-9-5-6-11-17(15)21-18/h5-13,19-20H,3-4H2,1-2H3. The molecule has 1 N–H and O–H groups in total. The fourth-order valence-corrected chi connectivity index (χ4v) is 2.72. The Kier molecular flexibility index (Phi) is 4.07. The maximum absolute atomic E-state index is 6.05. The van der Waals surface area contributed by atoms with E-state index >= 15 is 0 Å². The number of hydrogen-bond donors (Lipinski definition) is 1. The molecule has 0 aliphatic carbocycles. The minimum atomic E-state index is 0.105. The van der Waals surface area contributed by atoms with Crippen molar-refractivity contribution < 1.29 is 4.42 Å². The fourth-order valence-electron chi connectivity index (χ4n) is 2.72. The molecule has 21 heavy (non-hydrogen) atoms. The molecule has 0 saturated carbocycles. The first kappa shape index (κ1) is 13.9. The molecule has 0 radical (unpaired) electrons. The number of furan rings is 1. The third-order valence-corrected chi connectivity index (χ3v) is 3.83. The van der Waals surface area contributed by atoms with Crippen molar-refractivity contribution in [2.24, 2.45) is 0 Å². The SMILES string of the molecule is CCNC(c1cccc(CC)c1)c1cc2ccccc2o1. The van der Waals surface area contributed by atoms with Crippen LogP contribution in [0.2, 0.25) is 0 Å². The number of aryl methyl sites for hydroxylation is 1. The summed E-state index contributed by atoms with van der Waals surface area (Å²) in [4.78, 5) is 0. The zero-order chi connectivity index (χ0) is 14.7. The number of para-hydroxylation sites is 1. The summed E-state index contributed by atoms with van der Waals surface area (Å²) in [6.45, 7) is 5.21. The highest BCUT2D eigenvalue weighted by atomic mass is 16.3. The summed E-state index contributed by atoms with van der Waals surface area (Å²) in [7, 11) is 0. The Morgan fingerprint density at radius 3 is 2.62 bits per heavy atom. The van der Waals surface area contributed by atoms with Gasteiger partial charge in [-0.1, -0.05) is 56.3 Å². The molecule has 108 valence electrons. The fraction of sp³-hybridized carbons (Fsp3) is 0.263. The van der Waals surface area contributed by atoms with E-state index < -0.39 is 0 Å². The number of benzene rings is 2. The summed E-state index contributed by atoms with van der Waals surface area (Å²) in [5.74, 6) is 0.978. The molecule has 0 fully saturated rings. The second kappa shape index (κ2) is 6.15.